The number of likely N-dealkylation sites (tertiary alicyclic amines) is 2. The molecular formula is C50H55ClF6N12O8. The van der Waals surface area contributed by atoms with E-state index in [0.29, 0.717) is 54.9 Å². The van der Waals surface area contributed by atoms with Gasteiger partial charge in [-0.1, -0.05) is 0 Å². The zero-order valence-corrected chi connectivity index (χ0v) is 42.2. The van der Waals surface area contributed by atoms with Gasteiger partial charge in [0.05, 0.1) is 0 Å². The van der Waals surface area contributed by atoms with Crippen molar-refractivity contribution in [2.75, 3.05) is 91.8 Å². The maximum absolute atomic E-state index is 12.9. The number of piperazine rings is 2. The second-order valence-corrected chi connectivity index (χ2v) is 18.7. The van der Waals surface area contributed by atoms with Gasteiger partial charge in [-0.3, -0.25) is 29.0 Å². The number of benzene rings is 4. The Labute approximate surface area is 441 Å². The van der Waals surface area contributed by atoms with Crippen molar-refractivity contribution >= 4 is 56.6 Å². The Morgan fingerprint density at radius 3 is 1.30 bits per heavy atom. The number of aromatic amines is 2. The van der Waals surface area contributed by atoms with Crippen LogP contribution in [0.15, 0.2) is 84.9 Å². The van der Waals surface area contributed by atoms with Crippen LogP contribution in [-0.2, 0) is 9.59 Å². The van der Waals surface area contributed by atoms with E-state index in [0.717, 1.165) is 119 Å². The summed E-state index contributed by atoms with van der Waals surface area (Å²) in [6.07, 6.45) is -5.63. The van der Waals surface area contributed by atoms with E-state index in [1.165, 1.54) is 24.3 Å². The zero-order chi connectivity index (χ0) is 54.5. The molecule has 20 nitrogen and oxygen atoms in total. The Hall–Kier alpha value is -7.29. The number of nitrogens with zero attached hydrogens (tertiary/aromatic N) is 9. The van der Waals surface area contributed by atoms with E-state index in [4.69, 9.17) is 21.1 Å². The highest BCUT2D eigenvalue weighted by Crippen LogP contribution is 2.27. The lowest BCUT2D eigenvalue weighted by Crippen LogP contribution is -2.55. The first-order chi connectivity index (χ1) is 36.9. The van der Waals surface area contributed by atoms with E-state index in [9.17, 15) is 45.5 Å². The minimum absolute atomic E-state index is 0.00807. The van der Waals surface area contributed by atoms with Crippen molar-refractivity contribution in [1.82, 2.24) is 60.6 Å². The summed E-state index contributed by atoms with van der Waals surface area (Å²) in [4.78, 5) is 59.1. The van der Waals surface area contributed by atoms with Gasteiger partial charge in [-0.2, -0.15) is 30.8 Å². The Balaban J connectivity index is 0.000000170. The summed E-state index contributed by atoms with van der Waals surface area (Å²) < 4.78 is 89.9. The predicted molar refractivity (Wildman–Crippen MR) is 266 cm³/mol. The molecule has 77 heavy (non-hydrogen) atoms. The number of carbonyl (C=O) groups excluding carboxylic acids is 4. The third kappa shape index (κ3) is 16.4. The van der Waals surface area contributed by atoms with E-state index in [2.05, 4.69) is 55.4 Å². The van der Waals surface area contributed by atoms with Crippen LogP contribution in [-0.4, -0.2) is 195 Å². The number of alkyl halides is 6. The lowest BCUT2D eigenvalue weighted by atomic mass is 10.0. The lowest BCUT2D eigenvalue weighted by Gasteiger charge is -2.42. The number of carbonyl (C=O) groups is 4. The van der Waals surface area contributed by atoms with Gasteiger partial charge >= 0.3 is 12.7 Å². The second kappa shape index (κ2) is 25.7. The first-order valence-electron chi connectivity index (χ1n) is 24.7. The Kier molecular flexibility index (Phi) is 18.7. The molecule has 0 bridgehead atoms. The fraction of sp³-hybridized carbons (Fsp3) is 0.440. The molecule has 27 heteroatoms. The van der Waals surface area contributed by atoms with Gasteiger partial charge < -0.3 is 39.0 Å². The van der Waals surface area contributed by atoms with Crippen LogP contribution < -0.4 is 24.3 Å². The van der Waals surface area contributed by atoms with Crippen LogP contribution in [0.25, 0.3) is 22.1 Å². The molecule has 6 heterocycles. The molecule has 4 aliphatic rings. The molecule has 4 aromatic carbocycles. The number of aromatic nitrogens is 6. The molecule has 3 N–H and O–H groups in total. The third-order valence-electron chi connectivity index (χ3n) is 13.3. The number of halogens is 7. The van der Waals surface area contributed by atoms with Crippen molar-refractivity contribution in [3.63, 3.8) is 0 Å². The highest BCUT2D eigenvalue weighted by Gasteiger charge is 2.34. The molecular weight excluding hydrogens is 1050 g/mol. The van der Waals surface area contributed by atoms with Gasteiger partial charge in [-0.15, -0.1) is 26.3 Å². The number of amides is 3. The monoisotopic (exact) mass is 1100 g/mol. The van der Waals surface area contributed by atoms with Gasteiger partial charge in [0.1, 0.15) is 45.1 Å². The number of hydrogen-bond donors (Lipinski definition) is 3. The molecule has 4 fully saturated rings. The molecule has 0 saturated carbocycles. The third-order valence-corrected chi connectivity index (χ3v) is 13.4. The highest BCUT2D eigenvalue weighted by atomic mass is 35.5. The molecule has 0 atom stereocenters. The number of rotatable bonds is 12. The first kappa shape index (κ1) is 55.9. The first-order valence-corrected chi connectivity index (χ1v) is 25.1. The molecule has 412 valence electrons. The largest absolute Gasteiger partial charge is 0.573 e. The fourth-order valence-electron chi connectivity index (χ4n) is 9.42. The summed E-state index contributed by atoms with van der Waals surface area (Å²) in [5, 5.41) is 24.0. The minimum atomic E-state index is -4.76. The normalized spacial score (nSPS) is 17.2. The smallest absolute Gasteiger partial charge is 0.484 e. The SMILES string of the molecule is O=C(COc1ccc(OC(F)(F)F)cc1)N1CCN(C2CCN(C(=O)c3ccc4n[nH]nc4c3)CC2)CC1.O=C(Cl)COc1ccc(OC(F)(F)F)cc1.O=C(c1ccc2n[nH]nc2c1)N1CCC(N2CCNCC2)CC1. The highest BCUT2D eigenvalue weighted by molar-refractivity contribution is 6.63. The number of hydrogen-bond acceptors (Lipinski definition) is 15. The van der Waals surface area contributed by atoms with Gasteiger partial charge in [0.2, 0.25) is 0 Å². The van der Waals surface area contributed by atoms with Gasteiger partial charge in [0.25, 0.3) is 23.0 Å². The number of piperidine rings is 2. The quantitative estimate of drug-likeness (QED) is 0.0964. The van der Waals surface area contributed by atoms with Gasteiger partial charge in [0.15, 0.2) is 13.2 Å². The van der Waals surface area contributed by atoms with Crippen molar-refractivity contribution in [1.29, 1.82) is 0 Å². The predicted octanol–water partition coefficient (Wildman–Crippen LogP) is 5.88. The summed E-state index contributed by atoms with van der Waals surface area (Å²) in [5.74, 6) is -0.283. The maximum atomic E-state index is 12.9. The Bertz CT molecular complexity index is 2900. The van der Waals surface area contributed by atoms with Crippen LogP contribution in [0.3, 0.4) is 0 Å². The molecule has 4 saturated heterocycles. The summed E-state index contributed by atoms with van der Waals surface area (Å²) in [6.45, 7) is 9.48. The average Bonchev–Trinajstić information content (AvgIpc) is 4.13. The molecule has 0 spiro atoms. The van der Waals surface area contributed by atoms with Crippen LogP contribution in [0.4, 0.5) is 26.3 Å². The molecule has 4 aliphatic heterocycles. The minimum Gasteiger partial charge on any atom is -0.484 e. The average molecular weight is 1100 g/mol. The van der Waals surface area contributed by atoms with E-state index in [1.54, 1.807) is 23.1 Å². The van der Waals surface area contributed by atoms with E-state index < -0.39 is 18.0 Å². The van der Waals surface area contributed by atoms with Crippen LogP contribution in [0, 0.1) is 0 Å². The van der Waals surface area contributed by atoms with Gasteiger partial charge in [0, 0.05) is 102 Å². The fourth-order valence-corrected chi connectivity index (χ4v) is 9.47. The van der Waals surface area contributed by atoms with Gasteiger partial charge in [-0.25, -0.2) is 0 Å². The van der Waals surface area contributed by atoms with Crippen LogP contribution in [0.1, 0.15) is 46.4 Å². The maximum Gasteiger partial charge on any atom is 0.573 e. The summed E-state index contributed by atoms with van der Waals surface area (Å²) in [5.41, 5.74) is 4.22. The molecule has 0 unspecified atom stereocenters. The molecule has 6 aromatic rings. The molecule has 3 amide bonds. The summed E-state index contributed by atoms with van der Waals surface area (Å²) in [6, 6.07) is 21.4. The van der Waals surface area contributed by atoms with Crippen molar-refractivity contribution in [2.45, 2.75) is 50.5 Å². The number of fused-ring (bicyclic) bond motifs is 2. The van der Waals surface area contributed by atoms with Crippen LogP contribution in [0.5, 0.6) is 23.0 Å². The molecule has 10 rings (SSSR count). The van der Waals surface area contributed by atoms with Crippen molar-refractivity contribution in [3.05, 3.63) is 96.1 Å². The number of H-pyrrole nitrogens is 2. The number of ether oxygens (including phenoxy) is 4. The molecule has 0 aliphatic carbocycles. The Morgan fingerprint density at radius 1 is 0.494 bits per heavy atom. The van der Waals surface area contributed by atoms with Crippen molar-refractivity contribution in [3.8, 4) is 23.0 Å². The van der Waals surface area contributed by atoms with Crippen LogP contribution in [0.2, 0.25) is 0 Å². The van der Waals surface area contributed by atoms with E-state index in [-0.39, 0.29) is 53.9 Å². The number of nitrogens with one attached hydrogen (secondary N) is 3. The lowest BCUT2D eigenvalue weighted by molar-refractivity contribution is -0.275. The summed E-state index contributed by atoms with van der Waals surface area (Å²) >= 11 is 5.01. The molecule has 2 aromatic heterocycles. The van der Waals surface area contributed by atoms with E-state index in [1.807, 2.05) is 28.0 Å². The van der Waals surface area contributed by atoms with E-state index >= 15 is 0 Å². The van der Waals surface area contributed by atoms with Crippen molar-refractivity contribution < 1.29 is 64.5 Å². The van der Waals surface area contributed by atoms with Crippen LogP contribution >= 0.6 is 11.6 Å². The second-order valence-electron chi connectivity index (χ2n) is 18.3. The van der Waals surface area contributed by atoms with Gasteiger partial charge in [-0.05, 0) is 122 Å². The summed E-state index contributed by atoms with van der Waals surface area (Å²) in [7, 11) is 0. The molecule has 0 radical (unpaired) electrons. The standard InChI is InChI=1S/C25H27F3N6O4.C16H22N6O.C9H6ClF3O3/c26-25(27,28)38-20-4-2-19(3-5-20)37-16-23(35)33-13-11-32(12-14-33)18-7-9-34(10-8-18)24(36)17-1-6-21-22(15-17)30-31-29-21;23-16(12-1-2-14-15(11-12)19-20-18-14)22-7-3-13(4-8-22)21-9-5-17-6-10-21;10-8(14)5-15-6-1-3-7(4-2-6)16-9(11,12)13/h1-6,15,18H,7-14,16H2,(H,29,30,31);1-2,11,13,17H,3-10H2,(H,18,19,20);1-4H,5H2. The topological polar surface area (TPSA) is 217 Å². The Morgan fingerprint density at radius 2 is 0.883 bits per heavy atom. The van der Waals surface area contributed by atoms with Crippen molar-refractivity contribution in [2.24, 2.45) is 0 Å². The zero-order valence-electron chi connectivity index (χ0n) is 41.4.